The summed E-state index contributed by atoms with van der Waals surface area (Å²) in [7, 11) is 1.31. The van der Waals surface area contributed by atoms with E-state index in [1.807, 2.05) is 178 Å². The number of esters is 1. The average Bonchev–Trinajstić information content (AvgIpc) is 1.61. The Kier molecular flexibility index (Phi) is 37.9. The lowest BCUT2D eigenvalue weighted by Crippen LogP contribution is -2.43. The molecule has 4 atom stereocenters. The van der Waals surface area contributed by atoms with Crippen LogP contribution >= 0.6 is 38.6 Å². The Labute approximate surface area is 818 Å². The molecule has 138 heavy (non-hydrogen) atoms. The molecule has 1 saturated carbocycles. The van der Waals surface area contributed by atoms with Crippen LogP contribution in [0.3, 0.4) is 0 Å². The van der Waals surface area contributed by atoms with Crippen LogP contribution in [0.4, 0.5) is 20.9 Å². The number of carbonyl (C=O) groups is 9. The lowest BCUT2D eigenvalue weighted by molar-refractivity contribution is -0.151. The number of nitrogens with zero attached hydrogens (tertiary/aromatic N) is 2. The molecule has 17 rings (SSSR count). The van der Waals surface area contributed by atoms with Gasteiger partial charge in [0.25, 0.3) is 5.91 Å². The van der Waals surface area contributed by atoms with E-state index in [0.717, 1.165) is 124 Å². The number of furan rings is 1. The summed E-state index contributed by atoms with van der Waals surface area (Å²) in [5.74, 6) is -1.87. The Morgan fingerprint density at radius 2 is 1.31 bits per heavy atom. The number of amides is 4. The minimum absolute atomic E-state index is 0.0413. The van der Waals surface area contributed by atoms with Gasteiger partial charge in [0.2, 0.25) is 24.5 Å². The Hall–Kier alpha value is -13.4. The van der Waals surface area contributed by atoms with Gasteiger partial charge in [-0.25, -0.2) is 17.8 Å². The van der Waals surface area contributed by atoms with Gasteiger partial charge in [-0.3, -0.25) is 48.5 Å². The lowest BCUT2D eigenvalue weighted by atomic mass is 9.78. The molecule has 722 valence electrons. The highest BCUT2D eigenvalue weighted by Crippen LogP contribution is 2.41. The Bertz CT molecular complexity index is 6520. The zero-order valence-electron chi connectivity index (χ0n) is 78.1. The Morgan fingerprint density at radius 3 is 2.02 bits per heavy atom. The van der Waals surface area contributed by atoms with Gasteiger partial charge in [-0.05, 0) is 238 Å². The molecule has 0 spiro atoms. The molecule has 0 bridgehead atoms. The minimum Gasteiger partial charge on any atom is -0.497 e. The van der Waals surface area contributed by atoms with Gasteiger partial charge >= 0.3 is 17.9 Å². The van der Waals surface area contributed by atoms with Crippen molar-refractivity contribution in [3.8, 4) is 28.7 Å². The maximum absolute atomic E-state index is 12.8. The molecule has 30 heteroatoms. The molecule has 10 aromatic carbocycles. The summed E-state index contributed by atoms with van der Waals surface area (Å²) in [5, 5.41) is 29.7. The number of sulfone groups is 1. The number of para-hydroxylation sites is 2. The van der Waals surface area contributed by atoms with E-state index in [9.17, 15) is 66.2 Å². The van der Waals surface area contributed by atoms with Gasteiger partial charge in [0.1, 0.15) is 44.2 Å². The predicted molar refractivity (Wildman–Crippen MR) is 537 cm³/mol. The normalized spacial score (nSPS) is 14.7. The maximum atomic E-state index is 12.8. The van der Waals surface area contributed by atoms with E-state index >= 15 is 0 Å². The van der Waals surface area contributed by atoms with E-state index in [0.29, 0.717) is 117 Å². The molecule has 13 aromatic rings. The van der Waals surface area contributed by atoms with Crippen LogP contribution in [0.25, 0.3) is 32.2 Å². The molecule has 4 aliphatic rings. The quantitative estimate of drug-likeness (QED) is 0.0215. The van der Waals surface area contributed by atoms with Crippen molar-refractivity contribution in [3.05, 3.63) is 295 Å². The molecule has 5 heterocycles. The summed E-state index contributed by atoms with van der Waals surface area (Å²) in [5.41, 5.74) is 15.0. The fourth-order valence-electron chi connectivity index (χ4n) is 16.5. The number of aliphatic carboxylic acids is 2. The third-order valence-electron chi connectivity index (χ3n) is 24.1. The van der Waals surface area contributed by atoms with E-state index in [4.69, 9.17) is 32.8 Å². The summed E-state index contributed by atoms with van der Waals surface area (Å²) in [6.45, 7) is 9.19. The zero-order chi connectivity index (χ0) is 98.4. The SMILES string of the molecule is CCOC(=O)C1CCCN(C(=O)CCS(=O)(=O)c2ccc(Br)s2)C1.COc1cc2c(cc1NC(=O)Cc1ccc(C)cc1)oc1ccccc12.COc1cccc(CC(=O)c2ccc3c(c2)CCCC3)c1.COc1ccccc1C(=O)Nc1nc2cc3c(cc2s1)OCO3.Cc1ccc(NC(=O)C2CCCCC2C(=O)O)cc1C.O=C(CCCc1ccc(F)cc1)C[C@@H](Cc1ccccc1)C(=O)O. The third-order valence-corrected chi connectivity index (χ3v) is 28.9. The second-order valence-corrected chi connectivity index (χ2v) is 39.8. The molecule has 4 amide bonds. The average molecular weight is 2000 g/mol. The minimum atomic E-state index is -3.46. The zero-order valence-corrected chi connectivity index (χ0v) is 82.1. The molecule has 5 N–H and O–H groups in total. The summed E-state index contributed by atoms with van der Waals surface area (Å²) >= 11 is 5.75. The van der Waals surface area contributed by atoms with Crippen molar-refractivity contribution >= 4 is 150 Å². The molecule has 0 radical (unpaired) electrons. The molecule has 25 nitrogen and oxygen atoms in total. The van der Waals surface area contributed by atoms with Crippen molar-refractivity contribution in [1.29, 1.82) is 0 Å². The molecular formula is C108H113BrFN5O20S3. The number of rotatable bonds is 29. The van der Waals surface area contributed by atoms with Crippen LogP contribution in [-0.2, 0) is 86.7 Å². The number of methoxy groups -OCH3 is 3. The molecule has 2 aliphatic heterocycles. The monoisotopic (exact) mass is 1990 g/mol. The first kappa shape index (κ1) is 104. The first-order valence-electron chi connectivity index (χ1n) is 45.8. The van der Waals surface area contributed by atoms with Crippen molar-refractivity contribution in [2.45, 2.75) is 147 Å². The number of piperidine rings is 1. The van der Waals surface area contributed by atoms with Crippen LogP contribution in [-0.4, -0.2) is 135 Å². The van der Waals surface area contributed by atoms with Gasteiger partial charge in [-0.1, -0.05) is 157 Å². The lowest BCUT2D eigenvalue weighted by Gasteiger charge is -2.31. The number of likely N-dealkylation sites (tertiary alicyclic amines) is 1. The number of anilines is 3. The summed E-state index contributed by atoms with van der Waals surface area (Å²) in [6, 6.07) is 68.7. The molecule has 1 saturated heterocycles. The second-order valence-electron chi connectivity index (χ2n) is 34.0. The maximum Gasteiger partial charge on any atom is 0.310 e. The molecule has 3 unspecified atom stereocenters. The summed E-state index contributed by atoms with van der Waals surface area (Å²) in [6.07, 6.45) is 12.0. The van der Waals surface area contributed by atoms with Crippen LogP contribution in [0.5, 0.6) is 28.7 Å². The predicted octanol–water partition coefficient (Wildman–Crippen LogP) is 22.0. The van der Waals surface area contributed by atoms with Crippen LogP contribution in [0.15, 0.2) is 237 Å². The number of thiophene rings is 1. The standard InChI is InChI=1S/C22H19NO3.C20H21FO3.C19H20O2.C16H12N2O4S.C16H21NO3.C15H20BrNO5S2/c1-14-7-9-15(10-8-14)11-22(24)23-18-13-20-17(12-21(18)25-2)16-5-3-4-6-19(16)26-20;21-18-11-9-15(10-12-18)7-4-8-19(22)14-17(20(23)24)13-16-5-2-1-3-6-16;1-21-18-8-4-5-14(11-18)12-19(20)17-10-9-15-6-2-3-7-16(15)13-17;1-20-11-5-3-2-4-9(11)15(19)18-16-17-10-6-12-13(22-8-21-12)7-14(10)23-16;1-10-7-8-12(9-11(10)2)17-15(18)13-5-3-4-6-14(13)16(19)20;1-2-22-15(19)11-4-3-8-17(10-11)13(18)7-9-24(20,21)14-6-5-12(16)23-14/h3-10,12-13H,11H2,1-2H3,(H,23,24);1-3,5-6,9-12,17H,4,7-8,13-14H2,(H,23,24);4-5,8-11,13H,2-3,6-7,12H2,1H3;2-7H,8H2,1H3,(H,17,18,19);7-9,13-14H,3-6H2,1-2H3,(H,17,18)(H,19,20);5-6,11H,2-4,7-10H2,1H3/t;17-;;;;/m.1..../s1. The number of ether oxygens (including phenoxy) is 6. The first-order valence-corrected chi connectivity index (χ1v) is 49.9. The highest BCUT2D eigenvalue weighted by molar-refractivity contribution is 9.11. The van der Waals surface area contributed by atoms with Gasteiger partial charge in [0.05, 0.1) is 89.0 Å². The smallest absolute Gasteiger partial charge is 0.310 e. The first-order chi connectivity index (χ1) is 66.5. The molecule has 3 aromatic heterocycles. The number of thiazole rings is 1. The van der Waals surface area contributed by atoms with Crippen LogP contribution in [0, 0.1) is 50.3 Å². The molecular weight excluding hydrogens is 1880 g/mol. The number of aromatic nitrogens is 1. The number of carbonyl (C=O) groups excluding carboxylic acids is 7. The van der Waals surface area contributed by atoms with Gasteiger partial charge in [-0.15, -0.1) is 11.3 Å². The van der Waals surface area contributed by atoms with Crippen molar-refractivity contribution in [2.24, 2.45) is 23.7 Å². The number of carboxylic acids is 2. The topological polar surface area (TPSA) is 349 Å². The number of halogens is 2. The van der Waals surface area contributed by atoms with Gasteiger partial charge in [0.15, 0.2) is 32.3 Å². The van der Waals surface area contributed by atoms with Crippen molar-refractivity contribution in [3.63, 3.8) is 0 Å². The van der Waals surface area contributed by atoms with Crippen LogP contribution in [0.2, 0.25) is 0 Å². The number of Topliss-reactive ketones (excluding diaryl/α,β-unsaturated/α-hetero) is 2. The van der Waals surface area contributed by atoms with E-state index in [-0.39, 0.29) is 82.5 Å². The van der Waals surface area contributed by atoms with Crippen LogP contribution in [0.1, 0.15) is 155 Å². The van der Waals surface area contributed by atoms with Crippen molar-refractivity contribution in [2.75, 3.05) is 69.5 Å². The Balaban J connectivity index is 0.000000149. The van der Waals surface area contributed by atoms with Gasteiger partial charge < -0.3 is 58.6 Å². The highest BCUT2D eigenvalue weighted by Gasteiger charge is 2.37. The summed E-state index contributed by atoms with van der Waals surface area (Å²) < 4.78 is 76.7. The highest BCUT2D eigenvalue weighted by atomic mass is 79.9. The largest absolute Gasteiger partial charge is 0.497 e. The van der Waals surface area contributed by atoms with E-state index in [1.54, 1.807) is 62.4 Å². The number of benzene rings is 10. The van der Waals surface area contributed by atoms with Gasteiger partial charge in [0, 0.05) is 79.0 Å². The fourth-order valence-corrected chi connectivity index (χ4v) is 20.8. The van der Waals surface area contributed by atoms with Crippen LogP contribution < -0.4 is 39.6 Å². The number of hydrogen-bond acceptors (Lipinski definition) is 21. The number of hydrogen-bond donors (Lipinski definition) is 5. The van der Waals surface area contributed by atoms with E-state index in [1.165, 1.54) is 71.7 Å². The van der Waals surface area contributed by atoms with E-state index in [2.05, 4.69) is 49.0 Å². The number of carboxylic acid groups (broad SMARTS) is 2. The van der Waals surface area contributed by atoms with Crippen molar-refractivity contribution < 1.29 is 99.0 Å². The summed E-state index contributed by atoms with van der Waals surface area (Å²) in [4.78, 5) is 114. The van der Waals surface area contributed by atoms with E-state index < -0.39 is 39.5 Å². The number of fused-ring (bicyclic) bond motifs is 6. The molecule has 2 fully saturated rings. The number of ketones is 2. The fraction of sp³-hybridized carbons (Fsp3) is 0.315. The molecule has 2 aliphatic carbocycles. The second kappa shape index (κ2) is 50.6. The van der Waals surface area contributed by atoms with Gasteiger partial charge in [-0.2, -0.15) is 0 Å². The number of nitrogens with one attached hydrogen (secondary N) is 3. The van der Waals surface area contributed by atoms with Crippen molar-refractivity contribution in [1.82, 2.24) is 9.88 Å². The number of aryl methyl sites for hydroxylation is 6. The Morgan fingerprint density at radius 1 is 0.609 bits per heavy atom. The third kappa shape index (κ3) is 29.8.